The Morgan fingerprint density at radius 2 is 1.67 bits per heavy atom. The van der Waals surface area contributed by atoms with Crippen LogP contribution < -0.4 is 19.5 Å². The summed E-state index contributed by atoms with van der Waals surface area (Å²) in [5.74, 6) is -1.00. The number of halogens is 3. The average molecular weight is 487 g/mol. The number of carbonyl (C=O) groups is 2. The molecule has 178 valence electrons. The van der Waals surface area contributed by atoms with E-state index in [4.69, 9.17) is 9.47 Å². The minimum atomic E-state index is -5.46. The molecule has 1 aliphatic heterocycles. The van der Waals surface area contributed by atoms with E-state index in [1.54, 1.807) is 18.2 Å². The van der Waals surface area contributed by atoms with Crippen molar-refractivity contribution in [2.24, 2.45) is 0 Å². The van der Waals surface area contributed by atoms with E-state index in [0.717, 1.165) is 12.1 Å². The Hall–Kier alpha value is -3.32. The van der Waals surface area contributed by atoms with Gasteiger partial charge in [0, 0.05) is 6.54 Å². The van der Waals surface area contributed by atoms with Gasteiger partial charge in [-0.25, -0.2) is 13.2 Å². The Bertz CT molecular complexity index is 1160. The molecule has 1 atom stereocenters. The van der Waals surface area contributed by atoms with Crippen molar-refractivity contribution in [3.8, 4) is 11.5 Å². The minimum Gasteiger partial charge on any atom is -0.493 e. The van der Waals surface area contributed by atoms with Crippen molar-refractivity contribution in [2.45, 2.75) is 23.2 Å². The number of carbonyl (C=O) groups excluding carboxylic acids is 2. The number of methoxy groups -OCH3 is 2. The maximum absolute atomic E-state index is 14.0. The number of amides is 3. The van der Waals surface area contributed by atoms with Crippen LogP contribution in [0.5, 0.6) is 11.5 Å². The maximum Gasteiger partial charge on any atom is 0.435 e. The summed E-state index contributed by atoms with van der Waals surface area (Å²) in [5.41, 5.74) is -3.29. The molecule has 33 heavy (non-hydrogen) atoms. The zero-order valence-corrected chi connectivity index (χ0v) is 18.3. The lowest BCUT2D eigenvalue weighted by Crippen LogP contribution is -2.69. The van der Waals surface area contributed by atoms with E-state index >= 15 is 0 Å². The molecule has 3 amide bonds. The third kappa shape index (κ3) is 4.59. The van der Waals surface area contributed by atoms with Gasteiger partial charge in [-0.2, -0.15) is 17.9 Å². The number of urea groups is 1. The van der Waals surface area contributed by atoms with Crippen LogP contribution in [0.3, 0.4) is 0 Å². The minimum absolute atomic E-state index is 0.0150. The van der Waals surface area contributed by atoms with Gasteiger partial charge >= 0.3 is 12.2 Å². The first-order valence-corrected chi connectivity index (χ1v) is 10.9. The molecule has 0 bridgehead atoms. The number of nitrogens with zero attached hydrogens (tertiary/aromatic N) is 1. The molecule has 9 nitrogen and oxygen atoms in total. The molecule has 0 saturated carbocycles. The number of alkyl halides is 3. The molecule has 1 unspecified atom stereocenters. The molecule has 1 fully saturated rings. The van der Waals surface area contributed by atoms with Crippen LogP contribution >= 0.6 is 0 Å². The van der Waals surface area contributed by atoms with E-state index in [1.807, 2.05) is 0 Å². The van der Waals surface area contributed by atoms with Crippen LogP contribution in [0, 0.1) is 0 Å². The van der Waals surface area contributed by atoms with Crippen LogP contribution in [0.25, 0.3) is 0 Å². The molecule has 2 N–H and O–H groups in total. The van der Waals surface area contributed by atoms with Crippen LogP contribution in [0.2, 0.25) is 0 Å². The molecular formula is C20H20F3N3O6S. The lowest BCUT2D eigenvalue weighted by molar-refractivity contribution is -0.198. The highest BCUT2D eigenvalue weighted by Crippen LogP contribution is 2.35. The number of imide groups is 1. The lowest BCUT2D eigenvalue weighted by Gasteiger charge is -2.29. The number of rotatable bonds is 8. The Labute approximate surface area is 187 Å². The molecule has 13 heteroatoms. The molecule has 0 radical (unpaired) electrons. The molecule has 0 aliphatic carbocycles. The topological polar surface area (TPSA) is 114 Å². The fraction of sp³-hybridized carbons (Fsp3) is 0.300. The second kappa shape index (κ2) is 8.90. The molecule has 2 aromatic carbocycles. The molecule has 1 heterocycles. The third-order valence-electron chi connectivity index (χ3n) is 4.94. The molecule has 2 aromatic rings. The summed E-state index contributed by atoms with van der Waals surface area (Å²) in [6.07, 6.45) is -5.47. The molecule has 0 spiro atoms. The summed E-state index contributed by atoms with van der Waals surface area (Å²) in [5, 5.41) is 1.49. The van der Waals surface area contributed by atoms with Crippen LogP contribution in [0.15, 0.2) is 53.4 Å². The third-order valence-corrected chi connectivity index (χ3v) is 6.41. The fourth-order valence-electron chi connectivity index (χ4n) is 3.24. The largest absolute Gasteiger partial charge is 0.493 e. The first kappa shape index (κ1) is 24.3. The maximum atomic E-state index is 14.0. The monoisotopic (exact) mass is 487 g/mol. The summed E-state index contributed by atoms with van der Waals surface area (Å²) < 4.78 is 78.7. The van der Waals surface area contributed by atoms with Crippen molar-refractivity contribution in [1.29, 1.82) is 0 Å². The second-order valence-electron chi connectivity index (χ2n) is 6.99. The van der Waals surface area contributed by atoms with Crippen molar-refractivity contribution in [3.05, 3.63) is 54.1 Å². The average Bonchev–Trinajstić information content (AvgIpc) is 3.02. The number of nitrogens with one attached hydrogen (secondary N) is 2. The number of ether oxygens (including phenoxy) is 2. The standard InChI is InChI=1S/C20H20F3N3O6S/c1-31-15-9-8-13(12-16(15)32-2)10-11-26-17(27)19(20(21,22)23,24-18(26)28)25-33(29,30)14-6-4-3-5-7-14/h3-9,12,25H,10-11H2,1-2H3,(H,24,28). The summed E-state index contributed by atoms with van der Waals surface area (Å²) in [6, 6.07) is 9.52. The highest BCUT2D eigenvalue weighted by Gasteiger charge is 2.69. The van der Waals surface area contributed by atoms with Crippen LogP contribution in [-0.4, -0.2) is 57.9 Å². The van der Waals surface area contributed by atoms with Crippen LogP contribution in [0.4, 0.5) is 18.0 Å². The van der Waals surface area contributed by atoms with Gasteiger partial charge in [-0.1, -0.05) is 24.3 Å². The summed E-state index contributed by atoms with van der Waals surface area (Å²) in [7, 11) is -1.98. The highest BCUT2D eigenvalue weighted by molar-refractivity contribution is 7.89. The normalized spacial score (nSPS) is 18.9. The highest BCUT2D eigenvalue weighted by atomic mass is 32.2. The number of sulfonamides is 1. The van der Waals surface area contributed by atoms with Crippen molar-refractivity contribution in [3.63, 3.8) is 0 Å². The van der Waals surface area contributed by atoms with Gasteiger partial charge < -0.3 is 14.8 Å². The van der Waals surface area contributed by atoms with Gasteiger partial charge in [-0.3, -0.25) is 9.69 Å². The number of hydrogen-bond acceptors (Lipinski definition) is 6. The van der Waals surface area contributed by atoms with Crippen molar-refractivity contribution >= 4 is 22.0 Å². The zero-order chi connectivity index (χ0) is 24.4. The van der Waals surface area contributed by atoms with Gasteiger partial charge in [0.15, 0.2) is 11.5 Å². The number of benzene rings is 2. The zero-order valence-electron chi connectivity index (χ0n) is 17.5. The summed E-state index contributed by atoms with van der Waals surface area (Å²) in [6.45, 7) is -0.439. The van der Waals surface area contributed by atoms with E-state index in [9.17, 15) is 31.2 Å². The molecule has 0 aromatic heterocycles. The van der Waals surface area contributed by atoms with E-state index < -0.39 is 45.2 Å². The Morgan fingerprint density at radius 3 is 2.24 bits per heavy atom. The smallest absolute Gasteiger partial charge is 0.435 e. The van der Waals surface area contributed by atoms with Gasteiger partial charge in [0.1, 0.15) is 0 Å². The number of hydrogen-bond donors (Lipinski definition) is 2. The Morgan fingerprint density at radius 1 is 1.03 bits per heavy atom. The van der Waals surface area contributed by atoms with Gasteiger partial charge in [-0.15, -0.1) is 0 Å². The predicted molar refractivity (Wildman–Crippen MR) is 109 cm³/mol. The molecular weight excluding hydrogens is 467 g/mol. The van der Waals surface area contributed by atoms with Gasteiger partial charge in [-0.05, 0) is 36.2 Å². The van der Waals surface area contributed by atoms with Crippen LogP contribution in [-0.2, 0) is 21.2 Å². The van der Waals surface area contributed by atoms with Gasteiger partial charge in [0.05, 0.1) is 19.1 Å². The first-order chi connectivity index (χ1) is 15.4. The Balaban J connectivity index is 1.87. The van der Waals surface area contributed by atoms with Crippen molar-refractivity contribution in [2.75, 3.05) is 20.8 Å². The van der Waals surface area contributed by atoms with Gasteiger partial charge in [0.25, 0.3) is 11.6 Å². The van der Waals surface area contributed by atoms with Crippen molar-refractivity contribution in [1.82, 2.24) is 14.9 Å². The van der Waals surface area contributed by atoms with Gasteiger partial charge in [0.2, 0.25) is 10.0 Å². The van der Waals surface area contributed by atoms with E-state index in [1.165, 1.54) is 42.5 Å². The molecule has 1 aliphatic rings. The summed E-state index contributed by atoms with van der Waals surface area (Å²) >= 11 is 0. The molecule has 3 rings (SSSR count). The first-order valence-electron chi connectivity index (χ1n) is 9.46. The summed E-state index contributed by atoms with van der Waals surface area (Å²) in [4.78, 5) is 24.9. The SMILES string of the molecule is COc1ccc(CCN2C(=O)NC(NS(=O)(=O)c3ccccc3)(C(F)(F)F)C2=O)cc1OC. The van der Waals surface area contributed by atoms with Crippen molar-refractivity contribution < 1.29 is 40.7 Å². The lowest BCUT2D eigenvalue weighted by atomic mass is 10.1. The van der Waals surface area contributed by atoms with E-state index in [0.29, 0.717) is 22.0 Å². The van der Waals surface area contributed by atoms with Crippen LogP contribution in [0.1, 0.15) is 5.56 Å². The Kier molecular flexibility index (Phi) is 6.56. The van der Waals surface area contributed by atoms with E-state index in [2.05, 4.69) is 0 Å². The molecule has 1 saturated heterocycles. The quantitative estimate of drug-likeness (QED) is 0.551. The predicted octanol–water partition coefficient (Wildman–Crippen LogP) is 2.04. The second-order valence-corrected chi connectivity index (χ2v) is 8.67. The van der Waals surface area contributed by atoms with E-state index in [-0.39, 0.29) is 6.42 Å². The fourth-order valence-corrected chi connectivity index (χ4v) is 4.53.